The number of hydrogen-bond acceptors (Lipinski definition) is 3. The summed E-state index contributed by atoms with van der Waals surface area (Å²) in [6.07, 6.45) is 0. The Labute approximate surface area is 151 Å². The normalized spacial score (nSPS) is 10.5. The lowest BCUT2D eigenvalue weighted by atomic mass is 10.2. The number of benzene rings is 2. The Morgan fingerprint density at radius 3 is 2.71 bits per heavy atom. The third-order valence-electron chi connectivity index (χ3n) is 3.27. The fraction of sp³-hybridized carbons (Fsp3) is 0.278. The van der Waals surface area contributed by atoms with Crippen molar-refractivity contribution in [3.05, 3.63) is 63.6 Å². The molecule has 0 unspecified atom stereocenters. The molecule has 0 fully saturated rings. The maximum atomic E-state index is 12.3. The minimum Gasteiger partial charge on any atom is -0.488 e. The summed E-state index contributed by atoms with van der Waals surface area (Å²) >= 11 is 12.0. The van der Waals surface area contributed by atoms with Crippen molar-refractivity contribution in [1.82, 2.24) is 5.32 Å². The molecule has 2 rings (SSSR count). The summed E-state index contributed by atoms with van der Waals surface area (Å²) < 4.78 is 11.0. The van der Waals surface area contributed by atoms with Gasteiger partial charge in [-0.15, -0.1) is 0 Å². The molecule has 2 aromatic rings. The van der Waals surface area contributed by atoms with E-state index < -0.39 is 0 Å². The van der Waals surface area contributed by atoms with Crippen LogP contribution in [0.1, 0.15) is 22.8 Å². The number of halogens is 2. The van der Waals surface area contributed by atoms with Crippen LogP contribution in [-0.2, 0) is 11.3 Å². The summed E-state index contributed by atoms with van der Waals surface area (Å²) in [5.74, 6) is 0.296. The van der Waals surface area contributed by atoms with Crippen LogP contribution in [0.3, 0.4) is 0 Å². The van der Waals surface area contributed by atoms with Gasteiger partial charge in [-0.25, -0.2) is 0 Å². The molecule has 128 valence electrons. The van der Waals surface area contributed by atoms with Crippen LogP contribution in [0.4, 0.5) is 0 Å². The predicted molar refractivity (Wildman–Crippen MR) is 96.1 cm³/mol. The van der Waals surface area contributed by atoms with Gasteiger partial charge in [0.1, 0.15) is 12.4 Å². The SMILES string of the molecule is CCOCCNC(=O)c1ccccc1OCc1ccc(Cl)cc1Cl. The van der Waals surface area contributed by atoms with E-state index in [4.69, 9.17) is 32.7 Å². The lowest BCUT2D eigenvalue weighted by molar-refractivity contribution is 0.0918. The molecule has 0 aliphatic heterocycles. The van der Waals surface area contributed by atoms with Gasteiger partial charge in [-0.05, 0) is 31.2 Å². The number of carbonyl (C=O) groups is 1. The summed E-state index contributed by atoms with van der Waals surface area (Å²) in [5, 5.41) is 3.90. The second kappa shape index (κ2) is 9.52. The van der Waals surface area contributed by atoms with Gasteiger partial charge >= 0.3 is 0 Å². The highest BCUT2D eigenvalue weighted by Crippen LogP contribution is 2.24. The van der Waals surface area contributed by atoms with E-state index in [0.717, 1.165) is 5.56 Å². The lowest BCUT2D eigenvalue weighted by Crippen LogP contribution is -2.27. The summed E-state index contributed by atoms with van der Waals surface area (Å²) in [4.78, 5) is 12.3. The zero-order valence-electron chi connectivity index (χ0n) is 13.4. The first-order valence-corrected chi connectivity index (χ1v) is 8.39. The molecule has 0 atom stereocenters. The number of hydrogen-bond donors (Lipinski definition) is 1. The molecule has 0 aliphatic rings. The number of carbonyl (C=O) groups excluding carboxylic acids is 1. The molecule has 0 aliphatic carbocycles. The average molecular weight is 368 g/mol. The Kier molecular flexibility index (Phi) is 7.37. The molecule has 0 aromatic heterocycles. The van der Waals surface area contributed by atoms with Crippen LogP contribution in [-0.4, -0.2) is 25.7 Å². The molecule has 0 radical (unpaired) electrons. The third kappa shape index (κ3) is 5.41. The summed E-state index contributed by atoms with van der Waals surface area (Å²) in [5.41, 5.74) is 1.27. The Bertz CT molecular complexity index is 692. The van der Waals surface area contributed by atoms with Gasteiger partial charge in [0.05, 0.1) is 12.2 Å². The number of amides is 1. The number of nitrogens with one attached hydrogen (secondary N) is 1. The molecular formula is C18H19Cl2NO3. The zero-order chi connectivity index (χ0) is 17.4. The number of rotatable bonds is 8. The number of ether oxygens (including phenoxy) is 2. The fourth-order valence-corrected chi connectivity index (χ4v) is 2.51. The van der Waals surface area contributed by atoms with E-state index in [-0.39, 0.29) is 12.5 Å². The van der Waals surface area contributed by atoms with Crippen molar-refractivity contribution in [2.24, 2.45) is 0 Å². The van der Waals surface area contributed by atoms with Gasteiger partial charge in [-0.2, -0.15) is 0 Å². The van der Waals surface area contributed by atoms with Crippen LogP contribution in [0, 0.1) is 0 Å². The van der Waals surface area contributed by atoms with Crippen LogP contribution in [0.2, 0.25) is 10.0 Å². The lowest BCUT2D eigenvalue weighted by Gasteiger charge is -2.12. The summed E-state index contributed by atoms with van der Waals surface area (Å²) in [7, 11) is 0. The van der Waals surface area contributed by atoms with Crippen LogP contribution < -0.4 is 10.1 Å². The molecule has 2 aromatic carbocycles. The topological polar surface area (TPSA) is 47.6 Å². The van der Waals surface area contributed by atoms with Crippen molar-refractivity contribution in [1.29, 1.82) is 0 Å². The molecule has 0 bridgehead atoms. The standard InChI is InChI=1S/C18H19Cl2NO3/c1-2-23-10-9-21-18(22)15-5-3-4-6-17(15)24-12-13-7-8-14(19)11-16(13)20/h3-8,11H,2,9-10,12H2,1H3,(H,21,22). The monoisotopic (exact) mass is 367 g/mol. The van der Waals surface area contributed by atoms with Crippen molar-refractivity contribution in [3.63, 3.8) is 0 Å². The van der Waals surface area contributed by atoms with Crippen LogP contribution >= 0.6 is 23.2 Å². The number of para-hydroxylation sites is 1. The molecular weight excluding hydrogens is 349 g/mol. The molecule has 1 N–H and O–H groups in total. The van der Waals surface area contributed by atoms with Gasteiger partial charge in [-0.3, -0.25) is 4.79 Å². The second-order valence-electron chi connectivity index (χ2n) is 4.97. The minimum atomic E-state index is -0.201. The fourth-order valence-electron chi connectivity index (χ4n) is 2.05. The quantitative estimate of drug-likeness (QED) is 0.706. The molecule has 6 heteroatoms. The highest BCUT2D eigenvalue weighted by molar-refractivity contribution is 6.35. The first kappa shape index (κ1) is 18.6. The van der Waals surface area contributed by atoms with E-state index in [2.05, 4.69) is 5.32 Å². The molecule has 1 amide bonds. The predicted octanol–water partition coefficient (Wildman–Crippen LogP) is 4.34. The molecule has 0 heterocycles. The second-order valence-corrected chi connectivity index (χ2v) is 5.82. The van der Waals surface area contributed by atoms with Crippen LogP contribution in [0.25, 0.3) is 0 Å². The van der Waals surface area contributed by atoms with E-state index >= 15 is 0 Å². The largest absolute Gasteiger partial charge is 0.488 e. The third-order valence-corrected chi connectivity index (χ3v) is 3.85. The van der Waals surface area contributed by atoms with Crippen molar-refractivity contribution < 1.29 is 14.3 Å². The maximum absolute atomic E-state index is 12.3. The van der Waals surface area contributed by atoms with E-state index in [0.29, 0.717) is 41.1 Å². The Morgan fingerprint density at radius 1 is 1.17 bits per heavy atom. The maximum Gasteiger partial charge on any atom is 0.255 e. The van der Waals surface area contributed by atoms with Gasteiger partial charge in [-0.1, -0.05) is 41.4 Å². The highest BCUT2D eigenvalue weighted by atomic mass is 35.5. The van der Waals surface area contributed by atoms with Gasteiger partial charge in [0, 0.05) is 28.8 Å². The average Bonchev–Trinajstić information content (AvgIpc) is 2.58. The van der Waals surface area contributed by atoms with Crippen molar-refractivity contribution >= 4 is 29.1 Å². The Morgan fingerprint density at radius 2 is 1.96 bits per heavy atom. The Hall–Kier alpha value is -1.75. The van der Waals surface area contributed by atoms with Crippen molar-refractivity contribution in [2.75, 3.05) is 19.8 Å². The minimum absolute atomic E-state index is 0.201. The first-order valence-electron chi connectivity index (χ1n) is 7.63. The Balaban J connectivity index is 2.01. The summed E-state index contributed by atoms with van der Waals surface area (Å²) in [6.45, 7) is 3.71. The molecule has 24 heavy (non-hydrogen) atoms. The van der Waals surface area contributed by atoms with E-state index in [1.54, 1.807) is 36.4 Å². The van der Waals surface area contributed by atoms with Gasteiger partial charge < -0.3 is 14.8 Å². The molecule has 0 spiro atoms. The van der Waals surface area contributed by atoms with E-state index in [9.17, 15) is 4.79 Å². The van der Waals surface area contributed by atoms with E-state index in [1.165, 1.54) is 0 Å². The molecule has 4 nitrogen and oxygen atoms in total. The summed E-state index contributed by atoms with van der Waals surface area (Å²) in [6, 6.07) is 12.3. The van der Waals surface area contributed by atoms with Crippen LogP contribution in [0.15, 0.2) is 42.5 Å². The van der Waals surface area contributed by atoms with E-state index in [1.807, 2.05) is 13.0 Å². The van der Waals surface area contributed by atoms with Crippen LogP contribution in [0.5, 0.6) is 5.75 Å². The highest BCUT2D eigenvalue weighted by Gasteiger charge is 2.12. The zero-order valence-corrected chi connectivity index (χ0v) is 14.9. The van der Waals surface area contributed by atoms with Gasteiger partial charge in [0.25, 0.3) is 5.91 Å². The molecule has 0 saturated carbocycles. The van der Waals surface area contributed by atoms with Crippen molar-refractivity contribution in [2.45, 2.75) is 13.5 Å². The molecule has 0 saturated heterocycles. The smallest absolute Gasteiger partial charge is 0.255 e. The van der Waals surface area contributed by atoms with Gasteiger partial charge in [0.2, 0.25) is 0 Å². The van der Waals surface area contributed by atoms with Crippen molar-refractivity contribution in [3.8, 4) is 5.75 Å². The van der Waals surface area contributed by atoms with Gasteiger partial charge in [0.15, 0.2) is 0 Å². The first-order chi connectivity index (χ1) is 11.6.